The highest BCUT2D eigenvalue weighted by molar-refractivity contribution is 6.06. The molecule has 150 valence electrons. The highest BCUT2D eigenvalue weighted by Crippen LogP contribution is 2.30. The summed E-state index contributed by atoms with van der Waals surface area (Å²) >= 11 is 0. The van der Waals surface area contributed by atoms with E-state index in [9.17, 15) is 4.79 Å². The molecule has 0 saturated carbocycles. The summed E-state index contributed by atoms with van der Waals surface area (Å²) in [5.74, 6) is 0.552. The molecule has 3 rings (SSSR count). The molecule has 1 aromatic carbocycles. The van der Waals surface area contributed by atoms with Crippen LogP contribution in [0, 0.1) is 0 Å². The fourth-order valence-electron chi connectivity index (χ4n) is 3.48. The summed E-state index contributed by atoms with van der Waals surface area (Å²) < 4.78 is 7.90. The van der Waals surface area contributed by atoms with Crippen LogP contribution >= 0.6 is 0 Å². The van der Waals surface area contributed by atoms with E-state index in [2.05, 4.69) is 19.9 Å². The molecule has 0 saturated heterocycles. The second-order valence-electron chi connectivity index (χ2n) is 6.92. The average molecular weight is 383 g/mol. The third-order valence-corrected chi connectivity index (χ3v) is 4.86. The summed E-state index contributed by atoms with van der Waals surface area (Å²) in [5, 5.41) is 4.01. The van der Waals surface area contributed by atoms with Gasteiger partial charge in [-0.1, -0.05) is 25.1 Å². The molecule has 3 aromatic rings. The number of anilines is 1. The van der Waals surface area contributed by atoms with Crippen LogP contribution in [-0.2, 0) is 9.53 Å². The van der Waals surface area contributed by atoms with Gasteiger partial charge < -0.3 is 20.4 Å². The van der Waals surface area contributed by atoms with Crippen LogP contribution in [-0.4, -0.2) is 40.2 Å². The van der Waals surface area contributed by atoms with Gasteiger partial charge in [0.2, 0.25) is 5.91 Å². The normalized spacial score (nSPS) is 12.5. The highest BCUT2D eigenvalue weighted by Gasteiger charge is 2.18. The molecule has 1 amide bonds. The first-order chi connectivity index (χ1) is 13.7. The van der Waals surface area contributed by atoms with E-state index in [0.717, 1.165) is 41.2 Å². The van der Waals surface area contributed by atoms with Gasteiger partial charge in [-0.2, -0.15) is 0 Å². The topological polar surface area (TPSA) is 95.1 Å². The summed E-state index contributed by atoms with van der Waals surface area (Å²) in [5.41, 5.74) is 8.72. The Morgan fingerprint density at radius 2 is 2.14 bits per heavy atom. The zero-order valence-corrected chi connectivity index (χ0v) is 16.6. The number of ether oxygens (including phenoxy) is 1. The molecule has 2 aromatic heterocycles. The lowest BCUT2D eigenvalue weighted by atomic mass is 10.1. The van der Waals surface area contributed by atoms with Crippen LogP contribution in [0.4, 0.5) is 5.82 Å². The van der Waals surface area contributed by atoms with E-state index in [4.69, 9.17) is 10.5 Å². The Hall–Kier alpha value is -2.67. The Bertz CT molecular complexity index is 937. The minimum Gasteiger partial charge on any atom is -0.382 e. The van der Waals surface area contributed by atoms with Crippen molar-refractivity contribution in [3.05, 3.63) is 30.6 Å². The zero-order chi connectivity index (χ0) is 19.9. The summed E-state index contributed by atoms with van der Waals surface area (Å²) in [4.78, 5) is 20.7. The molecule has 7 heteroatoms. The number of carbonyl (C=O) groups excluding carboxylic acids is 1. The van der Waals surface area contributed by atoms with Crippen LogP contribution in [0.1, 0.15) is 45.6 Å². The van der Waals surface area contributed by atoms with E-state index in [0.29, 0.717) is 32.0 Å². The Morgan fingerprint density at radius 1 is 1.32 bits per heavy atom. The number of pyridine rings is 1. The SMILES string of the molecule is CCCC(=O)NCCCC(COCC)n1cnc2c(N)nc3ccccc3c21. The van der Waals surface area contributed by atoms with Crippen molar-refractivity contribution in [1.29, 1.82) is 0 Å². The second-order valence-corrected chi connectivity index (χ2v) is 6.92. The van der Waals surface area contributed by atoms with Crippen molar-refractivity contribution in [2.45, 2.75) is 45.6 Å². The number of nitrogens with one attached hydrogen (secondary N) is 1. The van der Waals surface area contributed by atoms with Gasteiger partial charge in [-0.3, -0.25) is 4.79 Å². The van der Waals surface area contributed by atoms with Crippen molar-refractivity contribution in [2.75, 3.05) is 25.5 Å². The van der Waals surface area contributed by atoms with E-state index in [1.54, 1.807) is 0 Å². The molecule has 0 fully saturated rings. The van der Waals surface area contributed by atoms with Gasteiger partial charge in [0.25, 0.3) is 0 Å². The molecule has 0 aliphatic heterocycles. The average Bonchev–Trinajstić information content (AvgIpc) is 3.14. The zero-order valence-electron chi connectivity index (χ0n) is 16.6. The van der Waals surface area contributed by atoms with Crippen LogP contribution < -0.4 is 11.1 Å². The molecular weight excluding hydrogens is 354 g/mol. The van der Waals surface area contributed by atoms with Gasteiger partial charge in [0.05, 0.1) is 30.0 Å². The molecule has 1 unspecified atom stereocenters. The van der Waals surface area contributed by atoms with Crippen molar-refractivity contribution in [3.8, 4) is 0 Å². The molecular formula is C21H29N5O2. The number of imidazole rings is 1. The maximum Gasteiger partial charge on any atom is 0.219 e. The lowest BCUT2D eigenvalue weighted by Crippen LogP contribution is -2.25. The van der Waals surface area contributed by atoms with Crippen LogP contribution in [0.15, 0.2) is 30.6 Å². The van der Waals surface area contributed by atoms with Crippen LogP contribution in [0.2, 0.25) is 0 Å². The van der Waals surface area contributed by atoms with Crippen LogP contribution in [0.3, 0.4) is 0 Å². The smallest absolute Gasteiger partial charge is 0.219 e. The lowest BCUT2D eigenvalue weighted by molar-refractivity contribution is -0.121. The Balaban J connectivity index is 1.86. The first-order valence-corrected chi connectivity index (χ1v) is 10.0. The fourth-order valence-corrected chi connectivity index (χ4v) is 3.48. The maximum absolute atomic E-state index is 11.7. The van der Waals surface area contributed by atoms with E-state index in [1.807, 2.05) is 44.4 Å². The van der Waals surface area contributed by atoms with E-state index < -0.39 is 0 Å². The van der Waals surface area contributed by atoms with Crippen molar-refractivity contribution < 1.29 is 9.53 Å². The Morgan fingerprint density at radius 3 is 2.93 bits per heavy atom. The van der Waals surface area contributed by atoms with E-state index in [1.165, 1.54) is 0 Å². The third-order valence-electron chi connectivity index (χ3n) is 4.86. The first kappa shape index (κ1) is 20.1. The number of nitrogens with zero attached hydrogens (tertiary/aromatic N) is 3. The molecule has 1 atom stereocenters. The quantitative estimate of drug-likeness (QED) is 0.523. The predicted octanol–water partition coefficient (Wildman–Crippen LogP) is 3.44. The summed E-state index contributed by atoms with van der Waals surface area (Å²) in [6.45, 7) is 5.90. The fraction of sp³-hybridized carbons (Fsp3) is 0.476. The van der Waals surface area contributed by atoms with Crippen molar-refractivity contribution >= 4 is 33.7 Å². The molecule has 0 bridgehead atoms. The number of hydrogen-bond acceptors (Lipinski definition) is 5. The number of rotatable bonds is 10. The first-order valence-electron chi connectivity index (χ1n) is 10.0. The molecule has 2 heterocycles. The number of para-hydroxylation sites is 1. The number of nitrogen functional groups attached to an aromatic ring is 1. The van der Waals surface area contributed by atoms with Crippen LogP contribution in [0.5, 0.6) is 0 Å². The largest absolute Gasteiger partial charge is 0.382 e. The van der Waals surface area contributed by atoms with E-state index in [-0.39, 0.29) is 11.9 Å². The summed E-state index contributed by atoms with van der Waals surface area (Å²) in [6.07, 6.45) is 5.00. The standard InChI is InChI=1S/C21H29N5O2/c1-3-8-18(27)23-12-7-9-15(13-28-4-2)26-14-24-19-20(26)16-10-5-6-11-17(16)25-21(19)22/h5-6,10-11,14-15H,3-4,7-9,12-13H2,1-2H3,(H2,22,25)(H,23,27). The van der Waals surface area contributed by atoms with Gasteiger partial charge in [0.15, 0.2) is 5.82 Å². The molecule has 3 N–H and O–H groups in total. The van der Waals surface area contributed by atoms with Gasteiger partial charge in [-0.05, 0) is 32.3 Å². The van der Waals surface area contributed by atoms with Gasteiger partial charge in [0, 0.05) is 25.0 Å². The minimum absolute atomic E-state index is 0.109. The number of carbonyl (C=O) groups is 1. The monoisotopic (exact) mass is 383 g/mol. The Kier molecular flexibility index (Phi) is 6.81. The second kappa shape index (κ2) is 9.50. The van der Waals surface area contributed by atoms with Gasteiger partial charge >= 0.3 is 0 Å². The molecule has 0 aliphatic carbocycles. The number of fused-ring (bicyclic) bond motifs is 3. The minimum atomic E-state index is 0.109. The van der Waals surface area contributed by atoms with Crippen LogP contribution in [0.25, 0.3) is 21.9 Å². The number of aromatic nitrogens is 3. The van der Waals surface area contributed by atoms with Gasteiger partial charge in [-0.25, -0.2) is 9.97 Å². The van der Waals surface area contributed by atoms with Crippen molar-refractivity contribution in [2.24, 2.45) is 0 Å². The molecule has 0 aliphatic rings. The lowest BCUT2D eigenvalue weighted by Gasteiger charge is -2.20. The maximum atomic E-state index is 11.7. The van der Waals surface area contributed by atoms with E-state index >= 15 is 0 Å². The van der Waals surface area contributed by atoms with Crippen molar-refractivity contribution in [1.82, 2.24) is 19.9 Å². The number of amides is 1. The molecule has 0 spiro atoms. The highest BCUT2D eigenvalue weighted by atomic mass is 16.5. The summed E-state index contributed by atoms with van der Waals surface area (Å²) in [6, 6.07) is 8.07. The van der Waals surface area contributed by atoms with Gasteiger partial charge in [0.1, 0.15) is 5.52 Å². The molecule has 0 radical (unpaired) electrons. The number of nitrogens with two attached hydrogens (primary N) is 1. The van der Waals surface area contributed by atoms with Crippen molar-refractivity contribution in [3.63, 3.8) is 0 Å². The third kappa shape index (κ3) is 4.42. The number of hydrogen-bond donors (Lipinski definition) is 2. The Labute approximate surface area is 165 Å². The molecule has 7 nitrogen and oxygen atoms in total. The molecule has 28 heavy (non-hydrogen) atoms. The predicted molar refractivity (Wildman–Crippen MR) is 112 cm³/mol. The van der Waals surface area contributed by atoms with Gasteiger partial charge in [-0.15, -0.1) is 0 Å². The summed E-state index contributed by atoms with van der Waals surface area (Å²) in [7, 11) is 0. The number of benzene rings is 1.